The van der Waals surface area contributed by atoms with Crippen molar-refractivity contribution in [3.63, 3.8) is 0 Å². The Labute approximate surface area is 92.7 Å². The third kappa shape index (κ3) is 3.16. The molecule has 0 radical (unpaired) electrons. The molecule has 1 saturated heterocycles. The van der Waals surface area contributed by atoms with Crippen LogP contribution in [0.25, 0.3) is 0 Å². The molecule has 1 saturated carbocycles. The van der Waals surface area contributed by atoms with E-state index in [0.717, 1.165) is 38.1 Å². The highest BCUT2D eigenvalue weighted by Crippen LogP contribution is 2.37. The molecule has 3 nitrogen and oxygen atoms in total. The Morgan fingerprint density at radius 1 is 1.53 bits per heavy atom. The summed E-state index contributed by atoms with van der Waals surface area (Å²) in [6.45, 7) is 6.06. The van der Waals surface area contributed by atoms with Gasteiger partial charge in [-0.25, -0.2) is 0 Å². The largest absolute Gasteiger partial charge is 0.381 e. The van der Waals surface area contributed by atoms with E-state index in [9.17, 15) is 0 Å². The fraction of sp³-hybridized carbons (Fsp3) is 1.00. The van der Waals surface area contributed by atoms with Gasteiger partial charge in [0.2, 0.25) is 0 Å². The maximum Gasteiger partial charge on any atom is 0.0509 e. The first-order valence-corrected chi connectivity index (χ1v) is 6.32. The van der Waals surface area contributed by atoms with Crippen LogP contribution in [0.5, 0.6) is 0 Å². The van der Waals surface area contributed by atoms with Gasteiger partial charge in [-0.05, 0) is 43.6 Å². The molecule has 0 aromatic heterocycles. The fourth-order valence-corrected chi connectivity index (χ4v) is 2.51. The second-order valence-electron chi connectivity index (χ2n) is 5.20. The van der Waals surface area contributed by atoms with E-state index in [1.165, 1.54) is 19.3 Å². The van der Waals surface area contributed by atoms with Gasteiger partial charge in [0, 0.05) is 19.2 Å². The maximum atomic E-state index is 5.83. The second-order valence-corrected chi connectivity index (χ2v) is 5.20. The van der Waals surface area contributed by atoms with Gasteiger partial charge in [0.1, 0.15) is 0 Å². The predicted molar refractivity (Wildman–Crippen MR) is 61.7 cm³/mol. The molecule has 0 aromatic carbocycles. The van der Waals surface area contributed by atoms with Crippen molar-refractivity contribution in [1.29, 1.82) is 0 Å². The average Bonchev–Trinajstić information content (AvgIpc) is 2.97. The Hall–Kier alpha value is -0.120. The van der Waals surface area contributed by atoms with Crippen LogP contribution in [0.1, 0.15) is 26.2 Å². The van der Waals surface area contributed by atoms with E-state index in [2.05, 4.69) is 12.2 Å². The molecule has 2 aliphatic rings. The van der Waals surface area contributed by atoms with Crippen LogP contribution < -0.4 is 11.1 Å². The summed E-state index contributed by atoms with van der Waals surface area (Å²) in [5, 5.41) is 3.63. The monoisotopic (exact) mass is 212 g/mol. The van der Waals surface area contributed by atoms with Crippen LogP contribution in [0.15, 0.2) is 0 Å². The normalized spacial score (nSPS) is 37.6. The van der Waals surface area contributed by atoms with Gasteiger partial charge in [-0.1, -0.05) is 6.92 Å². The van der Waals surface area contributed by atoms with Crippen molar-refractivity contribution in [3.8, 4) is 0 Å². The molecular formula is C12H24N2O. The van der Waals surface area contributed by atoms with E-state index in [1.54, 1.807) is 0 Å². The first-order chi connectivity index (χ1) is 7.31. The molecule has 1 aliphatic heterocycles. The zero-order valence-corrected chi connectivity index (χ0v) is 9.74. The van der Waals surface area contributed by atoms with Crippen molar-refractivity contribution in [2.75, 3.05) is 26.3 Å². The molecule has 2 rings (SSSR count). The molecule has 0 spiro atoms. The molecule has 4 atom stereocenters. The van der Waals surface area contributed by atoms with Crippen molar-refractivity contribution in [2.45, 2.75) is 32.2 Å². The summed E-state index contributed by atoms with van der Waals surface area (Å²) >= 11 is 0. The number of ether oxygens (including phenoxy) is 1. The van der Waals surface area contributed by atoms with E-state index in [1.807, 2.05) is 0 Å². The molecule has 15 heavy (non-hydrogen) atoms. The van der Waals surface area contributed by atoms with Crippen molar-refractivity contribution >= 4 is 0 Å². The quantitative estimate of drug-likeness (QED) is 0.714. The second kappa shape index (κ2) is 5.28. The molecular weight excluding hydrogens is 188 g/mol. The summed E-state index contributed by atoms with van der Waals surface area (Å²) in [6.07, 6.45) is 3.86. The Morgan fingerprint density at radius 3 is 2.87 bits per heavy atom. The highest BCUT2D eigenvalue weighted by atomic mass is 16.5. The summed E-state index contributed by atoms with van der Waals surface area (Å²) in [7, 11) is 0. The molecule has 3 N–H and O–H groups in total. The Bertz CT molecular complexity index is 192. The third-order valence-corrected chi connectivity index (χ3v) is 3.94. The summed E-state index contributed by atoms with van der Waals surface area (Å²) in [5.74, 6) is 2.47. The van der Waals surface area contributed by atoms with Gasteiger partial charge in [0.25, 0.3) is 0 Å². The minimum atomic E-state index is 0.470. The van der Waals surface area contributed by atoms with Gasteiger partial charge in [0.15, 0.2) is 0 Å². The van der Waals surface area contributed by atoms with Crippen molar-refractivity contribution in [2.24, 2.45) is 23.5 Å². The van der Waals surface area contributed by atoms with Crippen molar-refractivity contribution < 1.29 is 4.74 Å². The lowest BCUT2D eigenvalue weighted by molar-refractivity contribution is 0.0403. The van der Waals surface area contributed by atoms with Gasteiger partial charge < -0.3 is 15.8 Å². The van der Waals surface area contributed by atoms with Crippen LogP contribution in [0.3, 0.4) is 0 Å². The van der Waals surface area contributed by atoms with Crippen LogP contribution >= 0.6 is 0 Å². The zero-order chi connectivity index (χ0) is 10.7. The number of nitrogens with two attached hydrogens (primary N) is 1. The number of nitrogens with one attached hydrogen (secondary N) is 1. The highest BCUT2D eigenvalue weighted by molar-refractivity contribution is 4.87. The van der Waals surface area contributed by atoms with Gasteiger partial charge in [-0.2, -0.15) is 0 Å². The van der Waals surface area contributed by atoms with E-state index < -0.39 is 0 Å². The minimum absolute atomic E-state index is 0.470. The first kappa shape index (κ1) is 11.4. The fourth-order valence-electron chi connectivity index (χ4n) is 2.51. The van der Waals surface area contributed by atoms with Crippen LogP contribution in [0.4, 0.5) is 0 Å². The van der Waals surface area contributed by atoms with Crippen LogP contribution in [-0.2, 0) is 4.74 Å². The molecule has 1 aliphatic carbocycles. The molecule has 0 amide bonds. The molecule has 3 heteroatoms. The molecule has 0 aromatic rings. The lowest BCUT2D eigenvalue weighted by Gasteiger charge is -2.30. The van der Waals surface area contributed by atoms with Gasteiger partial charge in [0.05, 0.1) is 6.61 Å². The smallest absolute Gasteiger partial charge is 0.0509 e. The number of hydrogen-bond acceptors (Lipinski definition) is 3. The van der Waals surface area contributed by atoms with E-state index in [-0.39, 0.29) is 0 Å². The van der Waals surface area contributed by atoms with Crippen molar-refractivity contribution in [1.82, 2.24) is 5.32 Å². The maximum absolute atomic E-state index is 5.83. The third-order valence-electron chi connectivity index (χ3n) is 3.94. The highest BCUT2D eigenvalue weighted by Gasteiger charge is 2.33. The summed E-state index contributed by atoms with van der Waals surface area (Å²) in [4.78, 5) is 0. The molecule has 88 valence electrons. The summed E-state index contributed by atoms with van der Waals surface area (Å²) in [5.41, 5.74) is 5.83. The SMILES string of the molecule is CC1CC1CNC(CN)C1CCCOC1. The Balaban J connectivity index is 1.70. The standard InChI is InChI=1S/C12H24N2O/c1-9-5-11(9)7-14-12(6-13)10-3-2-4-15-8-10/h9-12,14H,2-8,13H2,1H3. The summed E-state index contributed by atoms with van der Waals surface area (Å²) in [6, 6.07) is 0.470. The van der Waals surface area contributed by atoms with E-state index >= 15 is 0 Å². The molecule has 0 bridgehead atoms. The molecule has 2 fully saturated rings. The first-order valence-electron chi connectivity index (χ1n) is 6.32. The van der Waals surface area contributed by atoms with Gasteiger partial charge >= 0.3 is 0 Å². The van der Waals surface area contributed by atoms with Crippen LogP contribution in [0.2, 0.25) is 0 Å². The lowest BCUT2D eigenvalue weighted by Crippen LogP contribution is -2.46. The summed E-state index contributed by atoms with van der Waals surface area (Å²) < 4.78 is 5.51. The van der Waals surface area contributed by atoms with Crippen LogP contribution in [0, 0.1) is 17.8 Å². The topological polar surface area (TPSA) is 47.3 Å². The average molecular weight is 212 g/mol. The zero-order valence-electron chi connectivity index (χ0n) is 9.74. The molecule has 1 heterocycles. The number of hydrogen-bond donors (Lipinski definition) is 2. The Kier molecular flexibility index (Phi) is 4.00. The van der Waals surface area contributed by atoms with E-state index in [0.29, 0.717) is 12.0 Å². The van der Waals surface area contributed by atoms with E-state index in [4.69, 9.17) is 10.5 Å². The van der Waals surface area contributed by atoms with Crippen LogP contribution in [-0.4, -0.2) is 32.3 Å². The molecule has 4 unspecified atom stereocenters. The van der Waals surface area contributed by atoms with Crippen molar-refractivity contribution in [3.05, 3.63) is 0 Å². The predicted octanol–water partition coefficient (Wildman–Crippen LogP) is 0.986. The lowest BCUT2D eigenvalue weighted by atomic mass is 9.93. The number of rotatable bonds is 5. The minimum Gasteiger partial charge on any atom is -0.381 e. The van der Waals surface area contributed by atoms with Gasteiger partial charge in [-0.15, -0.1) is 0 Å². The van der Waals surface area contributed by atoms with Gasteiger partial charge in [-0.3, -0.25) is 0 Å². The Morgan fingerprint density at radius 2 is 2.33 bits per heavy atom.